The zero-order chi connectivity index (χ0) is 19.8. The first-order valence-electron chi connectivity index (χ1n) is 8.59. The molecular weight excluding hydrogens is 427 g/mol. The quantitative estimate of drug-likeness (QED) is 0.755. The molecule has 0 aliphatic carbocycles. The summed E-state index contributed by atoms with van der Waals surface area (Å²) in [6.45, 7) is 0.531. The van der Waals surface area contributed by atoms with Gasteiger partial charge in [-0.2, -0.15) is 0 Å². The monoisotopic (exact) mass is 440 g/mol. The molecule has 2 aromatic carbocycles. The van der Waals surface area contributed by atoms with Gasteiger partial charge < -0.3 is 19.7 Å². The van der Waals surface area contributed by atoms with Gasteiger partial charge in [0.05, 0.1) is 5.02 Å². The van der Waals surface area contributed by atoms with Crippen LogP contribution in [-0.4, -0.2) is 36.1 Å². The number of ether oxygens (including phenoxy) is 2. The summed E-state index contributed by atoms with van der Waals surface area (Å²) in [5.74, 6) is 0.259. The molecule has 2 aliphatic heterocycles. The minimum absolute atomic E-state index is 0.0592. The topological polar surface area (TPSA) is 67.9 Å². The average molecular weight is 442 g/mol. The summed E-state index contributed by atoms with van der Waals surface area (Å²) in [6.07, 6.45) is 1.28. The van der Waals surface area contributed by atoms with Crippen molar-refractivity contribution < 1.29 is 19.1 Å². The van der Waals surface area contributed by atoms with Gasteiger partial charge in [0.15, 0.2) is 11.5 Å². The Morgan fingerprint density at radius 1 is 1.04 bits per heavy atom. The van der Waals surface area contributed by atoms with Gasteiger partial charge in [-0.25, -0.2) is 0 Å². The Morgan fingerprint density at radius 3 is 2.54 bits per heavy atom. The molecule has 4 rings (SSSR count). The Bertz CT molecular complexity index is 946. The molecule has 1 N–H and O–H groups in total. The van der Waals surface area contributed by atoms with E-state index in [-0.39, 0.29) is 18.6 Å². The van der Waals surface area contributed by atoms with Crippen LogP contribution in [0, 0.1) is 0 Å². The van der Waals surface area contributed by atoms with Crippen LogP contribution in [0.3, 0.4) is 0 Å². The number of carbonyl (C=O) groups excluding carboxylic acids is 2. The summed E-state index contributed by atoms with van der Waals surface area (Å²) in [6, 6.07) is 7.29. The molecule has 28 heavy (non-hydrogen) atoms. The van der Waals surface area contributed by atoms with E-state index in [4.69, 9.17) is 44.3 Å². The molecule has 2 aromatic rings. The maximum Gasteiger partial charge on any atom is 0.254 e. The van der Waals surface area contributed by atoms with E-state index in [1.165, 1.54) is 11.0 Å². The minimum Gasteiger partial charge on any atom is -0.454 e. The van der Waals surface area contributed by atoms with Crippen molar-refractivity contribution in [2.24, 2.45) is 0 Å². The SMILES string of the molecule is O=C(Nc1cc(Cl)cc(Cl)c1)C1CCCN1C(=O)c1cc(Cl)c2c(c1)OCO2. The third-order valence-electron chi connectivity index (χ3n) is 4.62. The van der Waals surface area contributed by atoms with E-state index in [2.05, 4.69) is 5.32 Å². The Balaban J connectivity index is 1.54. The van der Waals surface area contributed by atoms with Crippen molar-refractivity contribution in [3.8, 4) is 11.5 Å². The smallest absolute Gasteiger partial charge is 0.254 e. The predicted octanol–water partition coefficient (Wildman–Crippen LogP) is 4.62. The van der Waals surface area contributed by atoms with E-state index in [0.29, 0.717) is 50.8 Å². The first-order chi connectivity index (χ1) is 13.4. The number of hydrogen-bond acceptors (Lipinski definition) is 4. The highest BCUT2D eigenvalue weighted by atomic mass is 35.5. The molecule has 0 spiro atoms. The number of likely N-dealkylation sites (tertiary alicyclic amines) is 1. The highest BCUT2D eigenvalue weighted by Crippen LogP contribution is 2.40. The second kappa shape index (κ2) is 7.70. The number of rotatable bonds is 3. The highest BCUT2D eigenvalue weighted by Gasteiger charge is 2.35. The van der Waals surface area contributed by atoms with Gasteiger partial charge in [-0.3, -0.25) is 9.59 Å². The molecule has 0 bridgehead atoms. The van der Waals surface area contributed by atoms with Crippen molar-refractivity contribution in [2.75, 3.05) is 18.7 Å². The third-order valence-corrected chi connectivity index (χ3v) is 5.34. The zero-order valence-corrected chi connectivity index (χ0v) is 16.8. The molecule has 9 heteroatoms. The van der Waals surface area contributed by atoms with Crippen LogP contribution in [0.2, 0.25) is 15.1 Å². The molecule has 0 aromatic heterocycles. The summed E-state index contributed by atoms with van der Waals surface area (Å²) in [5.41, 5.74) is 0.827. The maximum absolute atomic E-state index is 13.0. The van der Waals surface area contributed by atoms with Crippen molar-refractivity contribution >= 4 is 52.3 Å². The number of anilines is 1. The number of amides is 2. The largest absolute Gasteiger partial charge is 0.454 e. The summed E-state index contributed by atoms with van der Waals surface area (Å²) in [5, 5.41) is 3.91. The van der Waals surface area contributed by atoms with Gasteiger partial charge in [0.2, 0.25) is 12.7 Å². The maximum atomic E-state index is 13.0. The lowest BCUT2D eigenvalue weighted by molar-refractivity contribution is -0.119. The lowest BCUT2D eigenvalue weighted by atomic mass is 10.1. The Kier molecular flexibility index (Phi) is 5.27. The lowest BCUT2D eigenvalue weighted by Crippen LogP contribution is -2.43. The molecule has 2 heterocycles. The summed E-state index contributed by atoms with van der Waals surface area (Å²) < 4.78 is 10.6. The van der Waals surface area contributed by atoms with E-state index >= 15 is 0 Å². The van der Waals surface area contributed by atoms with Gasteiger partial charge >= 0.3 is 0 Å². The van der Waals surface area contributed by atoms with Gasteiger partial charge in [0, 0.05) is 27.8 Å². The van der Waals surface area contributed by atoms with Crippen molar-refractivity contribution in [1.82, 2.24) is 4.90 Å². The molecule has 6 nitrogen and oxygen atoms in total. The Morgan fingerprint density at radius 2 is 1.79 bits per heavy atom. The van der Waals surface area contributed by atoms with Crippen molar-refractivity contribution in [1.29, 1.82) is 0 Å². The second-order valence-corrected chi connectivity index (χ2v) is 7.78. The fourth-order valence-electron chi connectivity index (χ4n) is 3.39. The van der Waals surface area contributed by atoms with Crippen LogP contribution in [0.1, 0.15) is 23.2 Å². The molecule has 0 radical (unpaired) electrons. The third kappa shape index (κ3) is 3.72. The van der Waals surface area contributed by atoms with Crippen LogP contribution in [0.15, 0.2) is 30.3 Å². The summed E-state index contributed by atoms with van der Waals surface area (Å²) in [7, 11) is 0. The van der Waals surface area contributed by atoms with Gasteiger partial charge in [0.1, 0.15) is 6.04 Å². The van der Waals surface area contributed by atoms with Crippen molar-refractivity contribution in [3.63, 3.8) is 0 Å². The van der Waals surface area contributed by atoms with Gasteiger partial charge in [-0.1, -0.05) is 34.8 Å². The lowest BCUT2D eigenvalue weighted by Gasteiger charge is -2.24. The summed E-state index contributed by atoms with van der Waals surface area (Å²) >= 11 is 18.1. The number of nitrogens with one attached hydrogen (secondary N) is 1. The Hall–Kier alpha value is -2.15. The molecule has 0 saturated carbocycles. The van der Waals surface area contributed by atoms with Gasteiger partial charge in [-0.15, -0.1) is 0 Å². The van der Waals surface area contributed by atoms with Crippen LogP contribution < -0.4 is 14.8 Å². The fourth-order valence-corrected chi connectivity index (χ4v) is 4.18. The fraction of sp³-hybridized carbons (Fsp3) is 0.263. The van der Waals surface area contributed by atoms with Crippen LogP contribution in [0.4, 0.5) is 5.69 Å². The van der Waals surface area contributed by atoms with Crippen molar-refractivity contribution in [2.45, 2.75) is 18.9 Å². The first-order valence-corrected chi connectivity index (χ1v) is 9.73. The first kappa shape index (κ1) is 19.2. The number of benzene rings is 2. The number of hydrogen-bond donors (Lipinski definition) is 1. The standard InChI is InChI=1S/C19H15Cl3N2O4/c20-11-6-12(21)8-13(7-11)23-18(25)15-2-1-3-24(15)19(26)10-4-14(22)17-16(5-10)27-9-28-17/h4-8,15H,1-3,9H2,(H,23,25). The molecule has 146 valence electrons. The molecule has 1 fully saturated rings. The van der Waals surface area contributed by atoms with E-state index in [1.54, 1.807) is 24.3 Å². The van der Waals surface area contributed by atoms with Gasteiger partial charge in [0.25, 0.3) is 5.91 Å². The Labute approximate surface area is 176 Å². The van der Waals surface area contributed by atoms with Crippen LogP contribution in [-0.2, 0) is 4.79 Å². The molecule has 2 aliphatic rings. The molecule has 1 atom stereocenters. The van der Waals surface area contributed by atoms with E-state index < -0.39 is 6.04 Å². The predicted molar refractivity (Wildman–Crippen MR) is 107 cm³/mol. The van der Waals surface area contributed by atoms with Crippen LogP contribution in [0.25, 0.3) is 0 Å². The van der Waals surface area contributed by atoms with Crippen molar-refractivity contribution in [3.05, 3.63) is 51.0 Å². The number of carbonyl (C=O) groups is 2. The molecule has 2 amide bonds. The minimum atomic E-state index is -0.602. The van der Waals surface area contributed by atoms with Gasteiger partial charge in [-0.05, 0) is 43.2 Å². The average Bonchev–Trinajstić information content (AvgIpc) is 3.29. The number of halogens is 3. The highest BCUT2D eigenvalue weighted by molar-refractivity contribution is 6.35. The number of nitrogens with zero attached hydrogens (tertiary/aromatic N) is 1. The normalized spacial score (nSPS) is 17.7. The van der Waals surface area contributed by atoms with E-state index in [1.807, 2.05) is 0 Å². The van der Waals surface area contributed by atoms with Crippen LogP contribution in [0.5, 0.6) is 11.5 Å². The molecule has 1 unspecified atom stereocenters. The zero-order valence-electron chi connectivity index (χ0n) is 14.5. The second-order valence-electron chi connectivity index (χ2n) is 6.50. The van der Waals surface area contributed by atoms with E-state index in [9.17, 15) is 9.59 Å². The number of fused-ring (bicyclic) bond motifs is 1. The molecular formula is C19H15Cl3N2O4. The molecule has 1 saturated heterocycles. The van der Waals surface area contributed by atoms with Crippen LogP contribution >= 0.6 is 34.8 Å². The summed E-state index contributed by atoms with van der Waals surface area (Å²) in [4.78, 5) is 27.3. The van der Waals surface area contributed by atoms with E-state index in [0.717, 1.165) is 6.42 Å².